The maximum atomic E-state index is 16.8. The van der Waals surface area contributed by atoms with Gasteiger partial charge in [-0.05, 0) is 94.5 Å². The molecule has 6 aliphatic heterocycles. The minimum atomic E-state index is -0.913. The highest BCUT2D eigenvalue weighted by Crippen LogP contribution is 2.45. The smallest absolute Gasteiger partial charge is 0.319 e. The molecule has 5 fully saturated rings. The SMILES string of the molecule is C#Cc1c(F)ccc2cccc(-c3ncc4c(N5CC6CCC(C5)N6)nc(OCC56CCC(COC=O)N5CC(=C)C6)nc4c3F)c12.CNCCCCCc1cccc2c1C(=O)N(C1CCC(=O)NC1=O)C2=O. The Morgan fingerprint density at radius 3 is 2.53 bits per heavy atom. The Morgan fingerprint density at radius 2 is 1.77 bits per heavy atom. The topological polar surface area (TPSA) is 188 Å². The molecule has 5 saturated heterocycles. The number of anilines is 1. The standard InChI is InChI=1S/C36H34F2N6O3.C19H23N3O4/c1-3-26-29(37)10-7-22-5-4-6-27(30(22)26)32-31(38)33-28(14-39-32)34(43-16-23-8-9-24(17-43)40-23)42-35(41-33)47-19-36-12-11-25(18-46-20-45)44(36)15-21(2)13-36;1-20-11-4-2-3-6-12-7-5-8-13-16(12)19(26)22(18(13)25)14-9-10-15(23)21-17(14)24/h1,4-7,10,14,20,23-25,40H,2,8-9,11-13,15-19H2;5,7-8,14,20H,2-4,6,9-11H2,1H3,(H,21,23,24). The highest BCUT2D eigenvalue weighted by Gasteiger charge is 2.51. The molecule has 0 saturated carbocycles. The molecule has 0 aliphatic carbocycles. The van der Waals surface area contributed by atoms with E-state index in [1.165, 1.54) is 6.07 Å². The Hall–Kier alpha value is -7.20. The minimum Gasteiger partial charge on any atom is -0.466 e. The van der Waals surface area contributed by atoms with E-state index in [1.54, 1.807) is 36.5 Å². The van der Waals surface area contributed by atoms with Crippen LogP contribution in [-0.4, -0.2) is 131 Å². The van der Waals surface area contributed by atoms with Gasteiger partial charge in [-0.3, -0.25) is 44.1 Å². The van der Waals surface area contributed by atoms with Gasteiger partial charge in [0.2, 0.25) is 11.8 Å². The summed E-state index contributed by atoms with van der Waals surface area (Å²) in [7, 11) is 1.91. The van der Waals surface area contributed by atoms with Crippen LogP contribution in [0.2, 0.25) is 0 Å². The van der Waals surface area contributed by atoms with Crippen molar-refractivity contribution in [1.29, 1.82) is 0 Å². The Labute approximate surface area is 421 Å². The van der Waals surface area contributed by atoms with E-state index >= 15 is 4.39 Å². The second-order valence-corrected chi connectivity index (χ2v) is 19.9. The summed E-state index contributed by atoms with van der Waals surface area (Å²) in [5, 5.41) is 10.5. The van der Waals surface area contributed by atoms with E-state index in [4.69, 9.17) is 20.9 Å². The van der Waals surface area contributed by atoms with Gasteiger partial charge in [0.25, 0.3) is 18.3 Å². The fraction of sp³-hybridized carbons (Fsp3) is 0.418. The Morgan fingerprint density at radius 1 is 0.973 bits per heavy atom. The normalized spacial score (nSPS) is 23.3. The van der Waals surface area contributed by atoms with Crippen LogP contribution in [0.4, 0.5) is 14.6 Å². The van der Waals surface area contributed by atoms with Crippen molar-refractivity contribution < 1.29 is 42.2 Å². The van der Waals surface area contributed by atoms with Crippen molar-refractivity contribution in [3.63, 3.8) is 0 Å². The number of imide groups is 2. The predicted molar refractivity (Wildman–Crippen MR) is 269 cm³/mol. The minimum absolute atomic E-state index is 0.0202. The van der Waals surface area contributed by atoms with Gasteiger partial charge >= 0.3 is 6.01 Å². The molecule has 0 radical (unpaired) electrons. The van der Waals surface area contributed by atoms with Crippen molar-refractivity contribution in [1.82, 2.24) is 40.7 Å². The number of rotatable bonds is 15. The number of ether oxygens (including phenoxy) is 2. The Bertz CT molecular complexity index is 3100. The first kappa shape index (κ1) is 49.4. The quantitative estimate of drug-likeness (QED) is 0.0377. The van der Waals surface area contributed by atoms with Crippen LogP contribution in [0.25, 0.3) is 32.9 Å². The third-order valence-corrected chi connectivity index (χ3v) is 15.3. The summed E-state index contributed by atoms with van der Waals surface area (Å²) in [5.41, 5.74) is 2.88. The van der Waals surface area contributed by atoms with Gasteiger partial charge in [-0.2, -0.15) is 9.97 Å². The van der Waals surface area contributed by atoms with Crippen LogP contribution >= 0.6 is 0 Å². The van der Waals surface area contributed by atoms with Crippen LogP contribution in [0.5, 0.6) is 6.01 Å². The third-order valence-electron chi connectivity index (χ3n) is 15.3. The molecule has 5 unspecified atom stereocenters. The van der Waals surface area contributed by atoms with Crippen molar-refractivity contribution in [2.75, 3.05) is 51.3 Å². The molecule has 3 N–H and O–H groups in total. The fourth-order valence-electron chi connectivity index (χ4n) is 11.9. The van der Waals surface area contributed by atoms with E-state index in [9.17, 15) is 28.4 Å². The number of aromatic nitrogens is 3. The number of pyridine rings is 1. The van der Waals surface area contributed by atoms with Crippen LogP contribution in [0.1, 0.15) is 96.1 Å². The lowest BCUT2D eigenvalue weighted by molar-refractivity contribution is -0.136. The number of nitrogens with one attached hydrogen (secondary N) is 3. The highest BCUT2D eigenvalue weighted by molar-refractivity contribution is 6.24. The lowest BCUT2D eigenvalue weighted by Gasteiger charge is -2.35. The lowest BCUT2D eigenvalue weighted by atomic mass is 9.94. The van der Waals surface area contributed by atoms with Gasteiger partial charge < -0.3 is 25.0 Å². The van der Waals surface area contributed by atoms with E-state index < -0.39 is 35.4 Å². The van der Waals surface area contributed by atoms with Crippen molar-refractivity contribution in [2.45, 2.75) is 100 Å². The average molecular weight is 994 g/mol. The van der Waals surface area contributed by atoms with Crippen molar-refractivity contribution in [3.8, 4) is 29.6 Å². The van der Waals surface area contributed by atoms with Crippen LogP contribution in [0.3, 0.4) is 0 Å². The van der Waals surface area contributed by atoms with E-state index in [-0.39, 0.29) is 59.7 Å². The molecule has 2 aromatic heterocycles. The number of halogens is 2. The number of carbonyl (C=O) groups excluding carboxylic acids is 5. The number of piperazine rings is 1. The van der Waals surface area contributed by atoms with Gasteiger partial charge in [-0.1, -0.05) is 60.9 Å². The number of fused-ring (bicyclic) bond motifs is 6. The molecule has 5 atom stereocenters. The molecule has 8 heterocycles. The first-order valence-corrected chi connectivity index (χ1v) is 25.1. The molecule has 11 rings (SSSR count). The van der Waals surface area contributed by atoms with Gasteiger partial charge in [0.15, 0.2) is 5.82 Å². The molecule has 378 valence electrons. The molecule has 4 amide bonds. The fourth-order valence-corrected chi connectivity index (χ4v) is 11.9. The lowest BCUT2D eigenvalue weighted by Crippen LogP contribution is -2.54. The monoisotopic (exact) mass is 993 g/mol. The van der Waals surface area contributed by atoms with Crippen LogP contribution < -0.4 is 25.6 Å². The second-order valence-electron chi connectivity index (χ2n) is 19.9. The number of unbranched alkanes of at least 4 members (excludes halogenated alkanes) is 2. The van der Waals surface area contributed by atoms with Gasteiger partial charge in [0, 0.05) is 61.3 Å². The summed E-state index contributed by atoms with van der Waals surface area (Å²) in [5.74, 6) is -0.0256. The van der Waals surface area contributed by atoms with Gasteiger partial charge in [0.1, 0.15) is 42.1 Å². The van der Waals surface area contributed by atoms with Crippen LogP contribution in [0.15, 0.2) is 66.9 Å². The Balaban J connectivity index is 0.000000199. The maximum Gasteiger partial charge on any atom is 0.319 e. The van der Waals surface area contributed by atoms with Crippen molar-refractivity contribution in [2.24, 2.45) is 0 Å². The number of benzene rings is 3. The number of piperidine rings is 1. The van der Waals surface area contributed by atoms with E-state index in [1.807, 2.05) is 19.2 Å². The number of carbonyl (C=O) groups is 5. The molecule has 16 nitrogen and oxygen atoms in total. The molecule has 5 aromatic rings. The number of amides is 4. The number of nitrogens with zero attached hydrogens (tertiary/aromatic N) is 6. The summed E-state index contributed by atoms with van der Waals surface area (Å²) < 4.78 is 43.2. The molecular formula is C55H57F2N9O7. The van der Waals surface area contributed by atoms with Gasteiger partial charge in [-0.25, -0.2) is 8.78 Å². The van der Waals surface area contributed by atoms with Crippen molar-refractivity contribution in [3.05, 3.63) is 101 Å². The molecule has 2 bridgehead atoms. The molecule has 6 aliphatic rings. The number of aryl methyl sites for hydroxylation is 1. The second kappa shape index (κ2) is 20.7. The van der Waals surface area contributed by atoms with E-state index in [0.717, 1.165) is 93.5 Å². The zero-order valence-electron chi connectivity index (χ0n) is 40.7. The predicted octanol–water partition coefficient (Wildman–Crippen LogP) is 5.78. The molecule has 3 aromatic carbocycles. The summed E-state index contributed by atoms with van der Waals surface area (Å²) in [6, 6.07) is 13.3. The summed E-state index contributed by atoms with van der Waals surface area (Å²) in [6.07, 6.45) is 15.9. The summed E-state index contributed by atoms with van der Waals surface area (Å²) in [6.45, 7) is 8.37. The zero-order chi connectivity index (χ0) is 51.0. The zero-order valence-corrected chi connectivity index (χ0v) is 40.7. The number of hydrogen-bond donors (Lipinski definition) is 3. The highest BCUT2D eigenvalue weighted by atomic mass is 19.1. The molecular weight excluding hydrogens is 937 g/mol. The van der Waals surface area contributed by atoms with E-state index in [2.05, 4.69) is 48.2 Å². The summed E-state index contributed by atoms with van der Waals surface area (Å²) in [4.78, 5) is 79.6. The van der Waals surface area contributed by atoms with E-state index in [0.29, 0.717) is 70.4 Å². The first-order valence-electron chi connectivity index (χ1n) is 25.1. The van der Waals surface area contributed by atoms with Crippen LogP contribution in [0, 0.1) is 24.0 Å². The summed E-state index contributed by atoms with van der Waals surface area (Å²) >= 11 is 0. The number of hydrogen-bond acceptors (Lipinski definition) is 14. The molecule has 0 spiro atoms. The van der Waals surface area contributed by atoms with Crippen molar-refractivity contribution >= 4 is 57.6 Å². The number of terminal acetylenes is 1. The van der Waals surface area contributed by atoms with Gasteiger partial charge in [0.05, 0.1) is 27.6 Å². The van der Waals surface area contributed by atoms with Gasteiger partial charge in [-0.15, -0.1) is 6.42 Å². The average Bonchev–Trinajstić information content (AvgIpc) is 4.09. The molecule has 73 heavy (non-hydrogen) atoms. The molecule has 18 heteroatoms. The third kappa shape index (κ3) is 9.41. The largest absolute Gasteiger partial charge is 0.466 e. The van der Waals surface area contributed by atoms with Crippen LogP contribution in [-0.2, 0) is 25.5 Å². The first-order chi connectivity index (χ1) is 35.4. The maximum absolute atomic E-state index is 16.8. The Kier molecular flexibility index (Phi) is 14.0.